The minimum absolute atomic E-state index is 0. The van der Waals surface area contributed by atoms with Gasteiger partial charge in [0, 0.05) is 22.6 Å². The van der Waals surface area contributed by atoms with Gasteiger partial charge in [-0.3, -0.25) is 0 Å². The molecule has 2 aromatic carbocycles. The molecule has 112 valence electrons. The van der Waals surface area contributed by atoms with Crippen LogP contribution in [0, 0.1) is 0 Å². The minimum Gasteiger partial charge on any atom is -0.306 e. The molecule has 0 radical (unpaired) electrons. The van der Waals surface area contributed by atoms with Crippen molar-refractivity contribution >= 4 is 24.2 Å². The number of likely N-dealkylation sites (tertiary alicyclic amines) is 1. The Labute approximate surface area is 138 Å². The molecule has 2 aromatic rings. The Balaban J connectivity index is 0.00000161. The monoisotopic (exact) mass is 319 g/mol. The number of halogens is 1. The van der Waals surface area contributed by atoms with Crippen LogP contribution in [0.3, 0.4) is 0 Å². The van der Waals surface area contributed by atoms with E-state index in [-0.39, 0.29) is 12.4 Å². The van der Waals surface area contributed by atoms with Gasteiger partial charge in [-0.2, -0.15) is 0 Å². The Morgan fingerprint density at radius 3 is 2.24 bits per heavy atom. The molecule has 0 bridgehead atoms. The molecule has 21 heavy (non-hydrogen) atoms. The molecule has 1 aliphatic heterocycles. The van der Waals surface area contributed by atoms with E-state index < -0.39 is 0 Å². The summed E-state index contributed by atoms with van der Waals surface area (Å²) in [5.74, 6) is 0.625. The van der Waals surface area contributed by atoms with Crippen molar-refractivity contribution in [3.8, 4) is 0 Å². The van der Waals surface area contributed by atoms with E-state index >= 15 is 0 Å². The van der Waals surface area contributed by atoms with E-state index in [1.165, 1.54) is 23.4 Å². The Kier molecular flexibility index (Phi) is 6.16. The van der Waals surface area contributed by atoms with Gasteiger partial charge in [-0.05, 0) is 37.7 Å². The second kappa shape index (κ2) is 7.88. The maximum Gasteiger partial charge on any atom is 0.0187 e. The third-order valence-corrected chi connectivity index (χ3v) is 5.42. The lowest BCUT2D eigenvalue weighted by Crippen LogP contribution is -2.38. The molecule has 0 amide bonds. The zero-order valence-corrected chi connectivity index (χ0v) is 13.9. The molecule has 1 fully saturated rings. The molecule has 1 nitrogen and oxygen atoms in total. The fourth-order valence-electron chi connectivity index (χ4n) is 2.93. The number of benzene rings is 2. The van der Waals surface area contributed by atoms with Gasteiger partial charge in [0.25, 0.3) is 0 Å². The number of piperidine rings is 1. The van der Waals surface area contributed by atoms with Gasteiger partial charge < -0.3 is 4.90 Å². The summed E-state index contributed by atoms with van der Waals surface area (Å²) in [4.78, 5) is 3.85. The third-order valence-electron chi connectivity index (χ3n) is 4.01. The molecule has 0 N–H and O–H groups in total. The largest absolute Gasteiger partial charge is 0.306 e. The van der Waals surface area contributed by atoms with Crippen molar-refractivity contribution in [3.05, 3.63) is 66.2 Å². The maximum atomic E-state index is 2.46. The summed E-state index contributed by atoms with van der Waals surface area (Å²) in [6.07, 6.45) is 1.26. The van der Waals surface area contributed by atoms with Crippen molar-refractivity contribution in [2.75, 3.05) is 20.1 Å². The van der Waals surface area contributed by atoms with Crippen molar-refractivity contribution in [1.82, 2.24) is 4.90 Å². The van der Waals surface area contributed by atoms with Gasteiger partial charge >= 0.3 is 0 Å². The molecular weight excluding hydrogens is 298 g/mol. The zero-order valence-electron chi connectivity index (χ0n) is 12.3. The van der Waals surface area contributed by atoms with Crippen LogP contribution in [0.5, 0.6) is 0 Å². The first kappa shape index (κ1) is 16.4. The Morgan fingerprint density at radius 2 is 1.57 bits per heavy atom. The summed E-state index contributed by atoms with van der Waals surface area (Å²) in [7, 11) is 2.24. The van der Waals surface area contributed by atoms with Gasteiger partial charge in [-0.1, -0.05) is 48.5 Å². The predicted molar refractivity (Wildman–Crippen MR) is 94.6 cm³/mol. The molecule has 3 rings (SSSR count). The average Bonchev–Trinajstić information content (AvgIpc) is 2.51. The van der Waals surface area contributed by atoms with E-state index in [9.17, 15) is 0 Å². The first-order chi connectivity index (χ1) is 9.83. The van der Waals surface area contributed by atoms with Gasteiger partial charge in [-0.15, -0.1) is 24.2 Å². The average molecular weight is 320 g/mol. The second-order valence-electron chi connectivity index (χ2n) is 5.54. The molecule has 0 saturated carbocycles. The van der Waals surface area contributed by atoms with E-state index in [1.54, 1.807) is 0 Å². The van der Waals surface area contributed by atoms with E-state index in [4.69, 9.17) is 0 Å². The van der Waals surface area contributed by atoms with Crippen LogP contribution in [0.2, 0.25) is 0 Å². The number of nitrogens with zero attached hydrogens (tertiary/aromatic N) is 1. The lowest BCUT2D eigenvalue weighted by atomic mass is 9.90. The van der Waals surface area contributed by atoms with Crippen LogP contribution < -0.4 is 0 Å². The van der Waals surface area contributed by atoms with Crippen molar-refractivity contribution < 1.29 is 0 Å². The van der Waals surface area contributed by atoms with Crippen molar-refractivity contribution in [1.29, 1.82) is 0 Å². The van der Waals surface area contributed by atoms with Crippen LogP contribution in [0.1, 0.15) is 17.9 Å². The van der Waals surface area contributed by atoms with Crippen LogP contribution in [-0.2, 0) is 0 Å². The van der Waals surface area contributed by atoms with E-state index in [0.717, 1.165) is 6.54 Å². The minimum atomic E-state index is 0. The highest BCUT2D eigenvalue weighted by atomic mass is 35.5. The summed E-state index contributed by atoms with van der Waals surface area (Å²) in [5.41, 5.74) is 1.48. The number of thioether (sulfide) groups is 1. The normalized spacial score (nSPS) is 22.5. The summed E-state index contributed by atoms with van der Waals surface area (Å²) >= 11 is 2.04. The molecular formula is C18H22ClNS. The Bertz CT molecular complexity index is 531. The van der Waals surface area contributed by atoms with Gasteiger partial charge in [-0.25, -0.2) is 0 Å². The zero-order chi connectivity index (χ0) is 13.8. The summed E-state index contributed by atoms with van der Waals surface area (Å²) in [6, 6.07) is 21.8. The SMILES string of the molecule is CN1CC[C@@H](Sc2ccccc2)[C@@H](c2ccccc2)C1.Cl. The second-order valence-corrected chi connectivity index (χ2v) is 6.85. The van der Waals surface area contributed by atoms with E-state index in [2.05, 4.69) is 72.6 Å². The molecule has 0 spiro atoms. The van der Waals surface area contributed by atoms with Crippen LogP contribution in [0.25, 0.3) is 0 Å². The third kappa shape index (κ3) is 4.26. The van der Waals surface area contributed by atoms with Crippen LogP contribution >= 0.6 is 24.2 Å². The highest BCUT2D eigenvalue weighted by Gasteiger charge is 2.29. The standard InChI is InChI=1S/C18H21NS.ClH/c1-19-13-12-18(20-16-10-6-3-7-11-16)17(14-19)15-8-4-2-5-9-15;/h2-11,17-18H,12-14H2,1H3;1H/t17-,18-;/m1./s1. The summed E-state index contributed by atoms with van der Waals surface area (Å²) < 4.78 is 0. The fraction of sp³-hybridized carbons (Fsp3) is 0.333. The smallest absolute Gasteiger partial charge is 0.0187 e. The Hall–Kier alpha value is -0.960. The quantitative estimate of drug-likeness (QED) is 0.807. The summed E-state index contributed by atoms with van der Waals surface area (Å²) in [5, 5.41) is 0.677. The van der Waals surface area contributed by atoms with Gasteiger partial charge in [0.2, 0.25) is 0 Å². The summed E-state index contributed by atoms with van der Waals surface area (Å²) in [6.45, 7) is 2.36. The molecule has 0 aliphatic carbocycles. The highest BCUT2D eigenvalue weighted by molar-refractivity contribution is 8.00. The highest BCUT2D eigenvalue weighted by Crippen LogP contribution is 2.38. The predicted octanol–water partition coefficient (Wildman–Crippen LogP) is 4.69. The lowest BCUT2D eigenvalue weighted by Gasteiger charge is -2.36. The first-order valence-corrected chi connectivity index (χ1v) is 8.16. The lowest BCUT2D eigenvalue weighted by molar-refractivity contribution is 0.256. The van der Waals surface area contributed by atoms with Crippen LogP contribution in [-0.4, -0.2) is 30.3 Å². The van der Waals surface area contributed by atoms with Gasteiger partial charge in [0.15, 0.2) is 0 Å². The Morgan fingerprint density at radius 1 is 0.952 bits per heavy atom. The number of hydrogen-bond donors (Lipinski definition) is 0. The fourth-order valence-corrected chi connectivity index (χ4v) is 4.22. The van der Waals surface area contributed by atoms with Gasteiger partial charge in [0.1, 0.15) is 0 Å². The molecule has 2 atom stereocenters. The number of hydrogen-bond acceptors (Lipinski definition) is 2. The van der Waals surface area contributed by atoms with Crippen molar-refractivity contribution in [2.45, 2.75) is 22.5 Å². The number of likely N-dealkylation sites (N-methyl/N-ethyl adjacent to an activating group) is 1. The topological polar surface area (TPSA) is 3.24 Å². The van der Waals surface area contributed by atoms with E-state index in [0.29, 0.717) is 11.2 Å². The van der Waals surface area contributed by atoms with Crippen molar-refractivity contribution in [2.24, 2.45) is 0 Å². The van der Waals surface area contributed by atoms with Crippen LogP contribution in [0.15, 0.2) is 65.6 Å². The van der Waals surface area contributed by atoms with Crippen molar-refractivity contribution in [3.63, 3.8) is 0 Å². The molecule has 0 unspecified atom stereocenters. The molecule has 3 heteroatoms. The molecule has 1 heterocycles. The number of rotatable bonds is 3. The van der Waals surface area contributed by atoms with Gasteiger partial charge in [0.05, 0.1) is 0 Å². The molecule has 1 aliphatic rings. The van der Waals surface area contributed by atoms with E-state index in [1.807, 2.05) is 11.8 Å². The first-order valence-electron chi connectivity index (χ1n) is 7.28. The molecule has 1 saturated heterocycles. The maximum absolute atomic E-state index is 2.46. The molecule has 0 aromatic heterocycles. The van der Waals surface area contributed by atoms with Crippen LogP contribution in [0.4, 0.5) is 0 Å².